The van der Waals surface area contributed by atoms with Crippen LogP contribution in [0.1, 0.15) is 95.8 Å². The first-order chi connectivity index (χ1) is 25.9. The molecular formula is C43H57N5O6. The molecule has 0 spiro atoms. The van der Waals surface area contributed by atoms with Crippen molar-refractivity contribution < 1.29 is 29.0 Å². The zero-order valence-electron chi connectivity index (χ0n) is 32.6. The van der Waals surface area contributed by atoms with Crippen molar-refractivity contribution in [2.45, 2.75) is 116 Å². The van der Waals surface area contributed by atoms with Gasteiger partial charge in [-0.15, -0.1) is 0 Å². The van der Waals surface area contributed by atoms with Crippen LogP contribution in [-0.4, -0.2) is 94.8 Å². The Morgan fingerprint density at radius 2 is 1.35 bits per heavy atom. The predicted molar refractivity (Wildman–Crippen MR) is 208 cm³/mol. The molecule has 290 valence electrons. The molecule has 1 aliphatic carbocycles. The number of carbonyl (C=O) groups is 4. The molecule has 1 aromatic carbocycles. The molecule has 7 rings (SSSR count). The number of anilines is 1. The minimum Gasteiger partial charge on any atom is -0.469 e. The Bertz CT molecular complexity index is 1650. The fourth-order valence-electron chi connectivity index (χ4n) is 9.74. The standard InChI is InChI=1S/C43H57N5O6/c1-24(2)33(19-32(50)23-49)42(52)47-10-6-8-39(47)37-17-30(21-44-37)27-12-26-14-29-16-36(46-35(29)15-28(26)13-27)31-18-38(45-22-31)40-9-7-11-48(40)43(53)34(25(3)4)20-41(51)54-5/h14-15,21-22,24-25,27,33-34,36,39-40,46,49H,6-13,16-20,23H2,1-5H3. The third kappa shape index (κ3) is 7.57. The van der Waals surface area contributed by atoms with Gasteiger partial charge in [0.2, 0.25) is 11.8 Å². The van der Waals surface area contributed by atoms with Crippen LogP contribution in [0.2, 0.25) is 0 Å². The van der Waals surface area contributed by atoms with Crippen molar-refractivity contribution in [1.82, 2.24) is 9.80 Å². The summed E-state index contributed by atoms with van der Waals surface area (Å²) in [6, 6.07) is 4.87. The number of carbonyl (C=O) groups excluding carboxylic acids is 4. The van der Waals surface area contributed by atoms with Gasteiger partial charge in [0.15, 0.2) is 5.78 Å². The van der Waals surface area contributed by atoms with Gasteiger partial charge in [0.25, 0.3) is 0 Å². The van der Waals surface area contributed by atoms with E-state index in [1.165, 1.54) is 40.6 Å². The normalized spacial score (nSPS) is 25.6. The molecule has 5 aliphatic heterocycles. The number of aliphatic imine (C=N–C) groups is 2. The van der Waals surface area contributed by atoms with Crippen LogP contribution in [0.25, 0.3) is 0 Å². The average Bonchev–Trinajstić information content (AvgIpc) is 4.00. The van der Waals surface area contributed by atoms with E-state index in [0.29, 0.717) is 19.0 Å². The summed E-state index contributed by atoms with van der Waals surface area (Å²) in [4.78, 5) is 65.2. The van der Waals surface area contributed by atoms with E-state index in [1.807, 2.05) is 43.7 Å². The third-order valence-electron chi connectivity index (χ3n) is 13.0. The number of allylic oxidation sites excluding steroid dienone is 1. The zero-order chi connectivity index (χ0) is 38.3. The highest BCUT2D eigenvalue weighted by Gasteiger charge is 2.41. The molecule has 11 nitrogen and oxygen atoms in total. The fraction of sp³-hybridized carbons (Fsp3) is 0.628. The lowest BCUT2D eigenvalue weighted by molar-refractivity contribution is -0.148. The van der Waals surface area contributed by atoms with Gasteiger partial charge in [-0.2, -0.15) is 0 Å². The van der Waals surface area contributed by atoms with Gasteiger partial charge in [-0.1, -0.05) is 33.8 Å². The lowest BCUT2D eigenvalue weighted by Gasteiger charge is -2.30. The van der Waals surface area contributed by atoms with Gasteiger partial charge in [-0.3, -0.25) is 29.2 Å². The first-order valence-electron chi connectivity index (χ1n) is 20.2. The Morgan fingerprint density at radius 1 is 0.796 bits per heavy atom. The second-order valence-corrected chi connectivity index (χ2v) is 17.0. The Kier molecular flexibility index (Phi) is 11.3. The quantitative estimate of drug-likeness (QED) is 0.264. The number of Topliss-reactive ketones (excluding diaryl/α,β-unsaturated/α-hetero) is 1. The summed E-state index contributed by atoms with van der Waals surface area (Å²) in [5.41, 5.74) is 10.0. The van der Waals surface area contributed by atoms with E-state index >= 15 is 0 Å². The number of hydrogen-bond donors (Lipinski definition) is 2. The number of aliphatic hydroxyl groups is 1. The number of nitrogens with zero attached hydrogens (tertiary/aromatic N) is 4. The molecule has 11 heteroatoms. The summed E-state index contributed by atoms with van der Waals surface area (Å²) < 4.78 is 4.90. The lowest BCUT2D eigenvalue weighted by atomic mass is 9.88. The highest BCUT2D eigenvalue weighted by Crippen LogP contribution is 2.42. The molecule has 2 amide bonds. The van der Waals surface area contributed by atoms with Gasteiger partial charge in [-0.25, -0.2) is 0 Å². The van der Waals surface area contributed by atoms with Gasteiger partial charge in [0, 0.05) is 67.8 Å². The predicted octanol–water partition coefficient (Wildman–Crippen LogP) is 5.24. The second-order valence-electron chi connectivity index (χ2n) is 17.0. The highest BCUT2D eigenvalue weighted by molar-refractivity contribution is 5.99. The topological polar surface area (TPSA) is 141 Å². The van der Waals surface area contributed by atoms with Crippen molar-refractivity contribution in [1.29, 1.82) is 0 Å². The maximum Gasteiger partial charge on any atom is 0.306 e. The van der Waals surface area contributed by atoms with Crippen LogP contribution >= 0.6 is 0 Å². The first kappa shape index (κ1) is 38.2. The zero-order valence-corrected chi connectivity index (χ0v) is 32.6. The van der Waals surface area contributed by atoms with E-state index in [1.54, 1.807) is 0 Å². The number of fused-ring (bicyclic) bond motifs is 2. The molecule has 0 saturated carbocycles. The summed E-state index contributed by atoms with van der Waals surface area (Å²) in [5.74, 6) is -0.959. The largest absolute Gasteiger partial charge is 0.469 e. The number of esters is 1. The van der Waals surface area contributed by atoms with Gasteiger partial charge in [0.1, 0.15) is 6.61 Å². The van der Waals surface area contributed by atoms with Crippen molar-refractivity contribution in [2.75, 3.05) is 32.1 Å². The maximum absolute atomic E-state index is 13.7. The summed E-state index contributed by atoms with van der Waals surface area (Å²) in [6.07, 6.45) is 12.3. The van der Waals surface area contributed by atoms with Gasteiger partial charge < -0.3 is 25.0 Å². The van der Waals surface area contributed by atoms with E-state index in [2.05, 4.69) is 23.6 Å². The van der Waals surface area contributed by atoms with Crippen LogP contribution in [0, 0.1) is 29.6 Å². The Hall–Kier alpha value is -4.12. The highest BCUT2D eigenvalue weighted by atomic mass is 16.5. The summed E-state index contributed by atoms with van der Waals surface area (Å²) in [6.45, 7) is 8.78. The van der Waals surface area contributed by atoms with E-state index in [-0.39, 0.29) is 66.4 Å². The van der Waals surface area contributed by atoms with Crippen LogP contribution in [0.5, 0.6) is 0 Å². The number of ketones is 1. The molecule has 2 fully saturated rings. The Morgan fingerprint density at radius 3 is 1.93 bits per heavy atom. The molecule has 6 atom stereocenters. The Labute approximate surface area is 319 Å². The minimum atomic E-state index is -0.525. The summed E-state index contributed by atoms with van der Waals surface area (Å²) in [5, 5.41) is 13.1. The number of rotatable bonds is 13. The molecule has 1 aromatic rings. The van der Waals surface area contributed by atoms with Crippen molar-refractivity contribution >= 4 is 40.7 Å². The molecule has 0 bridgehead atoms. The van der Waals surface area contributed by atoms with Crippen LogP contribution in [0.3, 0.4) is 0 Å². The van der Waals surface area contributed by atoms with E-state index in [9.17, 15) is 24.3 Å². The van der Waals surface area contributed by atoms with E-state index < -0.39 is 18.4 Å². The summed E-state index contributed by atoms with van der Waals surface area (Å²) >= 11 is 0. The van der Waals surface area contributed by atoms with Crippen LogP contribution < -0.4 is 5.32 Å². The first-order valence-corrected chi connectivity index (χ1v) is 20.2. The molecule has 2 N–H and O–H groups in total. The average molecular weight is 740 g/mol. The van der Waals surface area contributed by atoms with Crippen molar-refractivity contribution in [3.63, 3.8) is 0 Å². The van der Waals surface area contributed by atoms with E-state index in [4.69, 9.17) is 14.7 Å². The van der Waals surface area contributed by atoms with Gasteiger partial charge in [-0.05, 0) is 96.6 Å². The van der Waals surface area contributed by atoms with Crippen molar-refractivity contribution in [3.8, 4) is 0 Å². The number of hydrogen-bond acceptors (Lipinski definition) is 9. The monoisotopic (exact) mass is 739 g/mol. The molecule has 0 aromatic heterocycles. The lowest BCUT2D eigenvalue weighted by Crippen LogP contribution is -2.45. The number of benzene rings is 1. The smallest absolute Gasteiger partial charge is 0.306 e. The Balaban J connectivity index is 0.927. The van der Waals surface area contributed by atoms with Gasteiger partial charge >= 0.3 is 5.97 Å². The van der Waals surface area contributed by atoms with Gasteiger partial charge in [0.05, 0.1) is 37.6 Å². The molecule has 6 aliphatic rings. The maximum atomic E-state index is 13.7. The van der Waals surface area contributed by atoms with Crippen LogP contribution in [-0.2, 0) is 43.2 Å². The number of amides is 2. The molecule has 0 radical (unpaired) electrons. The third-order valence-corrected chi connectivity index (χ3v) is 13.0. The minimum absolute atomic E-state index is 0.0121. The number of methoxy groups -OCH3 is 1. The number of aliphatic hydroxyl groups excluding tert-OH is 1. The van der Waals surface area contributed by atoms with Crippen LogP contribution in [0.4, 0.5) is 5.69 Å². The van der Waals surface area contributed by atoms with E-state index in [0.717, 1.165) is 69.2 Å². The molecule has 6 unspecified atom stereocenters. The molecule has 54 heavy (non-hydrogen) atoms. The number of nitrogens with one attached hydrogen (secondary N) is 1. The number of likely N-dealkylation sites (tertiary alicyclic amines) is 2. The van der Waals surface area contributed by atoms with Crippen LogP contribution in [0.15, 0.2) is 45.7 Å². The van der Waals surface area contributed by atoms with Crippen molar-refractivity contribution in [3.05, 3.63) is 52.4 Å². The second kappa shape index (κ2) is 15.9. The van der Waals surface area contributed by atoms with Crippen molar-refractivity contribution in [2.24, 2.45) is 39.6 Å². The molecule has 5 heterocycles. The SMILES string of the molecule is COC(=O)CC(C(=O)N1CCCC1C1=NC=C(C2Cc3cc4c(cc3N2)CC(C2=CN=C(C3CCCN3C(=O)C(CC(=O)CO)C(C)C)C2)C4)C1)C(C)C. The number of ether oxygens (including phenoxy) is 1. The molecular weight excluding hydrogens is 683 g/mol. The fourth-order valence-corrected chi connectivity index (χ4v) is 9.74. The summed E-state index contributed by atoms with van der Waals surface area (Å²) in [7, 11) is 1.37. The molecule has 2 saturated heterocycles.